The van der Waals surface area contributed by atoms with Crippen LogP contribution in [-0.4, -0.2) is 56.9 Å². The maximum atomic E-state index is 13.2. The highest BCUT2D eigenvalue weighted by molar-refractivity contribution is 7.89. The standard InChI is InChI=1S/C25H29NO7S/c1-17-7-9-20(34(29,30)26-11-4-3-6-18(26)2)15-21(17)25(28)33-16-22(27)19-8-10-23-24(14-19)32-13-5-12-31-23/h7-10,14-15,18H,3-6,11-13,16H2,1-2H3. The second kappa shape index (κ2) is 10.1. The number of hydrogen-bond acceptors (Lipinski definition) is 7. The number of nitrogens with zero attached hydrogens (tertiary/aromatic N) is 1. The number of aryl methyl sites for hydroxylation is 1. The first-order valence-electron chi connectivity index (χ1n) is 11.5. The quantitative estimate of drug-likeness (QED) is 0.452. The summed E-state index contributed by atoms with van der Waals surface area (Å²) in [6, 6.07) is 9.18. The number of carbonyl (C=O) groups excluding carboxylic acids is 2. The molecule has 4 rings (SSSR count). The van der Waals surface area contributed by atoms with Gasteiger partial charge >= 0.3 is 5.97 Å². The van der Waals surface area contributed by atoms with Gasteiger partial charge < -0.3 is 14.2 Å². The summed E-state index contributed by atoms with van der Waals surface area (Å²) in [7, 11) is -3.74. The Morgan fingerprint density at radius 1 is 1.03 bits per heavy atom. The van der Waals surface area contributed by atoms with Crippen LogP contribution in [0.4, 0.5) is 0 Å². The summed E-state index contributed by atoms with van der Waals surface area (Å²) in [4.78, 5) is 25.5. The van der Waals surface area contributed by atoms with Gasteiger partial charge in [-0.2, -0.15) is 4.31 Å². The van der Waals surface area contributed by atoms with Crippen molar-refractivity contribution in [3.8, 4) is 11.5 Å². The van der Waals surface area contributed by atoms with E-state index < -0.39 is 28.4 Å². The number of sulfonamides is 1. The second-order valence-electron chi connectivity index (χ2n) is 8.65. The lowest BCUT2D eigenvalue weighted by atomic mass is 10.1. The molecule has 0 radical (unpaired) electrons. The molecule has 0 saturated carbocycles. The number of benzene rings is 2. The maximum absolute atomic E-state index is 13.2. The van der Waals surface area contributed by atoms with E-state index in [4.69, 9.17) is 14.2 Å². The predicted octanol–water partition coefficient (Wildman–Crippen LogP) is 3.76. The number of carbonyl (C=O) groups is 2. The molecular formula is C25H29NO7S. The van der Waals surface area contributed by atoms with E-state index in [1.54, 1.807) is 31.2 Å². The van der Waals surface area contributed by atoms with Crippen molar-refractivity contribution >= 4 is 21.8 Å². The van der Waals surface area contributed by atoms with Crippen molar-refractivity contribution in [1.82, 2.24) is 4.31 Å². The van der Waals surface area contributed by atoms with Gasteiger partial charge in [-0.25, -0.2) is 13.2 Å². The van der Waals surface area contributed by atoms with Crippen molar-refractivity contribution in [3.05, 3.63) is 53.1 Å². The molecule has 1 atom stereocenters. The van der Waals surface area contributed by atoms with Crippen molar-refractivity contribution in [2.24, 2.45) is 0 Å². The Bertz CT molecular complexity index is 1190. The fourth-order valence-corrected chi connectivity index (χ4v) is 5.90. The van der Waals surface area contributed by atoms with Crippen molar-refractivity contribution in [3.63, 3.8) is 0 Å². The van der Waals surface area contributed by atoms with Crippen LogP contribution in [0.1, 0.15) is 58.9 Å². The highest BCUT2D eigenvalue weighted by atomic mass is 32.2. The van der Waals surface area contributed by atoms with E-state index in [0.717, 1.165) is 25.7 Å². The van der Waals surface area contributed by atoms with E-state index in [9.17, 15) is 18.0 Å². The van der Waals surface area contributed by atoms with Crippen molar-refractivity contribution in [2.75, 3.05) is 26.4 Å². The number of Topliss-reactive ketones (excluding diaryl/α,β-unsaturated/α-hetero) is 1. The Labute approximate surface area is 199 Å². The highest BCUT2D eigenvalue weighted by Gasteiger charge is 2.31. The Hall–Kier alpha value is -2.91. The summed E-state index contributed by atoms with van der Waals surface area (Å²) in [5.74, 6) is -0.0883. The van der Waals surface area contributed by atoms with Crippen LogP contribution in [0.5, 0.6) is 11.5 Å². The summed E-state index contributed by atoms with van der Waals surface area (Å²) in [6.45, 7) is 4.61. The number of fused-ring (bicyclic) bond motifs is 1. The lowest BCUT2D eigenvalue weighted by Gasteiger charge is -2.32. The maximum Gasteiger partial charge on any atom is 0.338 e. The molecule has 0 aromatic heterocycles. The number of hydrogen-bond donors (Lipinski definition) is 0. The molecule has 34 heavy (non-hydrogen) atoms. The summed E-state index contributed by atoms with van der Waals surface area (Å²) in [5, 5.41) is 0. The Balaban J connectivity index is 1.47. The average molecular weight is 488 g/mol. The SMILES string of the molecule is Cc1ccc(S(=O)(=O)N2CCCCC2C)cc1C(=O)OCC(=O)c1ccc2c(c1)OCCCO2. The fourth-order valence-electron chi connectivity index (χ4n) is 4.17. The summed E-state index contributed by atoms with van der Waals surface area (Å²) in [5.41, 5.74) is 1.03. The minimum Gasteiger partial charge on any atom is -0.490 e. The van der Waals surface area contributed by atoms with Gasteiger partial charge in [0, 0.05) is 24.6 Å². The van der Waals surface area contributed by atoms with Gasteiger partial charge in [-0.05, 0) is 62.6 Å². The molecule has 1 unspecified atom stereocenters. The minimum atomic E-state index is -3.74. The predicted molar refractivity (Wildman–Crippen MR) is 125 cm³/mol. The molecule has 1 fully saturated rings. The lowest BCUT2D eigenvalue weighted by molar-refractivity contribution is 0.0473. The molecule has 1 saturated heterocycles. The van der Waals surface area contributed by atoms with Crippen LogP contribution in [0.2, 0.25) is 0 Å². The largest absolute Gasteiger partial charge is 0.490 e. The molecule has 2 aliphatic rings. The van der Waals surface area contributed by atoms with Gasteiger partial charge in [-0.15, -0.1) is 0 Å². The smallest absolute Gasteiger partial charge is 0.338 e. The van der Waals surface area contributed by atoms with Gasteiger partial charge in [0.15, 0.2) is 23.9 Å². The van der Waals surface area contributed by atoms with E-state index in [2.05, 4.69) is 0 Å². The molecule has 2 heterocycles. The number of esters is 1. The molecule has 2 aromatic rings. The second-order valence-corrected chi connectivity index (χ2v) is 10.5. The van der Waals surface area contributed by atoms with E-state index >= 15 is 0 Å². The molecule has 0 bridgehead atoms. The van der Waals surface area contributed by atoms with Gasteiger partial charge in [-0.1, -0.05) is 12.5 Å². The summed E-state index contributed by atoms with van der Waals surface area (Å²) in [6.07, 6.45) is 3.37. The molecule has 0 spiro atoms. The fraction of sp³-hybridized carbons (Fsp3) is 0.440. The van der Waals surface area contributed by atoms with Gasteiger partial charge in [0.25, 0.3) is 0 Å². The molecular weight excluding hydrogens is 458 g/mol. The number of ketones is 1. The van der Waals surface area contributed by atoms with Crippen molar-refractivity contribution in [2.45, 2.75) is 50.5 Å². The molecule has 8 nitrogen and oxygen atoms in total. The van der Waals surface area contributed by atoms with E-state index in [1.165, 1.54) is 16.4 Å². The zero-order valence-electron chi connectivity index (χ0n) is 19.4. The first-order chi connectivity index (χ1) is 16.3. The van der Waals surface area contributed by atoms with Gasteiger partial charge in [-0.3, -0.25) is 4.79 Å². The van der Waals surface area contributed by atoms with Crippen LogP contribution in [-0.2, 0) is 14.8 Å². The number of rotatable bonds is 6. The van der Waals surface area contributed by atoms with Gasteiger partial charge in [0.05, 0.1) is 23.7 Å². The van der Waals surface area contributed by atoms with Gasteiger partial charge in [0.1, 0.15) is 0 Å². The zero-order valence-corrected chi connectivity index (χ0v) is 20.2. The molecule has 182 valence electrons. The van der Waals surface area contributed by atoms with E-state index in [-0.39, 0.29) is 16.5 Å². The average Bonchev–Trinajstić information content (AvgIpc) is 3.07. The van der Waals surface area contributed by atoms with E-state index in [1.807, 2.05) is 6.92 Å². The number of piperidine rings is 1. The van der Waals surface area contributed by atoms with Crippen LogP contribution in [0.3, 0.4) is 0 Å². The third-order valence-electron chi connectivity index (χ3n) is 6.18. The van der Waals surface area contributed by atoms with Crippen molar-refractivity contribution in [1.29, 1.82) is 0 Å². The molecule has 0 N–H and O–H groups in total. The molecule has 0 amide bonds. The topological polar surface area (TPSA) is 99.2 Å². The summed E-state index contributed by atoms with van der Waals surface area (Å²) >= 11 is 0. The monoisotopic (exact) mass is 487 g/mol. The van der Waals surface area contributed by atoms with Crippen LogP contribution in [0.15, 0.2) is 41.3 Å². The third kappa shape index (κ3) is 5.10. The third-order valence-corrected chi connectivity index (χ3v) is 8.19. The number of ether oxygens (including phenoxy) is 3. The Kier molecular flexibility index (Phi) is 7.23. The van der Waals surface area contributed by atoms with Crippen LogP contribution < -0.4 is 9.47 Å². The van der Waals surface area contributed by atoms with Crippen LogP contribution in [0.25, 0.3) is 0 Å². The minimum absolute atomic E-state index is 0.0491. The van der Waals surface area contributed by atoms with Crippen LogP contribution in [0, 0.1) is 6.92 Å². The molecule has 9 heteroatoms. The first-order valence-corrected chi connectivity index (χ1v) is 12.9. The molecule has 2 aromatic carbocycles. The Morgan fingerprint density at radius 3 is 2.56 bits per heavy atom. The summed E-state index contributed by atoms with van der Waals surface area (Å²) < 4.78 is 44.3. The molecule has 0 aliphatic carbocycles. The van der Waals surface area contributed by atoms with Gasteiger partial charge in [0.2, 0.25) is 10.0 Å². The lowest BCUT2D eigenvalue weighted by Crippen LogP contribution is -2.41. The van der Waals surface area contributed by atoms with Crippen molar-refractivity contribution < 1.29 is 32.2 Å². The zero-order chi connectivity index (χ0) is 24.3. The highest BCUT2D eigenvalue weighted by Crippen LogP contribution is 2.31. The van der Waals surface area contributed by atoms with E-state index in [0.29, 0.717) is 42.4 Å². The Morgan fingerprint density at radius 2 is 1.79 bits per heavy atom. The normalized spacial score (nSPS) is 18.7. The van der Waals surface area contributed by atoms with Crippen LogP contribution >= 0.6 is 0 Å². The first kappa shape index (κ1) is 24.2. The molecule has 2 aliphatic heterocycles.